The number of anilines is 3. The van der Waals surface area contributed by atoms with Gasteiger partial charge in [0.05, 0.1) is 6.54 Å². The summed E-state index contributed by atoms with van der Waals surface area (Å²) in [6.45, 7) is 3.55. The van der Waals surface area contributed by atoms with Crippen LogP contribution in [0.15, 0.2) is 30.5 Å². The van der Waals surface area contributed by atoms with Crippen LogP contribution >= 0.6 is 0 Å². The molecule has 0 unspecified atom stereocenters. The number of amides is 1. The van der Waals surface area contributed by atoms with E-state index in [9.17, 15) is 4.79 Å². The Balaban J connectivity index is 1.11. The van der Waals surface area contributed by atoms with Gasteiger partial charge in [-0.15, -0.1) is 15.3 Å². The molecule has 9 nitrogen and oxygen atoms in total. The van der Waals surface area contributed by atoms with Crippen molar-refractivity contribution in [1.82, 2.24) is 20.4 Å². The lowest BCUT2D eigenvalue weighted by atomic mass is 9.78. The number of carbonyl (C=O) groups excluding carboxylic acids is 1. The molecular weight excluding hydrogens is 394 g/mol. The fourth-order valence-corrected chi connectivity index (χ4v) is 4.87. The van der Waals surface area contributed by atoms with Crippen molar-refractivity contribution in [2.24, 2.45) is 5.92 Å². The van der Waals surface area contributed by atoms with Crippen LogP contribution in [0.25, 0.3) is 0 Å². The van der Waals surface area contributed by atoms with Gasteiger partial charge >= 0.3 is 6.09 Å². The molecule has 1 N–H and O–H groups in total. The number of piperidine rings is 1. The van der Waals surface area contributed by atoms with Crippen molar-refractivity contribution < 1.29 is 9.53 Å². The van der Waals surface area contributed by atoms with Crippen LogP contribution in [0, 0.1) is 5.92 Å². The lowest BCUT2D eigenvalue weighted by Gasteiger charge is -2.35. The van der Waals surface area contributed by atoms with Crippen LogP contribution < -0.4 is 15.1 Å². The summed E-state index contributed by atoms with van der Waals surface area (Å²) in [5, 5.41) is 20.1. The monoisotopic (exact) mass is 423 g/mol. The number of carbonyl (C=O) groups is 1. The minimum absolute atomic E-state index is 0.318. The second kappa shape index (κ2) is 8.64. The minimum atomic E-state index is -0.402. The number of nitrogens with zero attached hydrogens (tertiary/aromatic N) is 6. The van der Waals surface area contributed by atoms with Crippen LogP contribution in [0.3, 0.4) is 0 Å². The molecule has 31 heavy (non-hydrogen) atoms. The molecule has 1 saturated carbocycles. The van der Waals surface area contributed by atoms with E-state index in [-0.39, 0.29) is 6.09 Å². The van der Waals surface area contributed by atoms with Crippen molar-refractivity contribution in [2.45, 2.75) is 50.5 Å². The molecule has 0 radical (unpaired) electrons. The van der Waals surface area contributed by atoms with Gasteiger partial charge in [-0.3, -0.25) is 4.90 Å². The van der Waals surface area contributed by atoms with Crippen molar-refractivity contribution in [2.75, 3.05) is 41.3 Å². The number of hydrogen-bond donors (Lipinski definition) is 1. The predicted molar refractivity (Wildman–Crippen MR) is 117 cm³/mol. The van der Waals surface area contributed by atoms with E-state index in [1.165, 1.54) is 19.3 Å². The van der Waals surface area contributed by atoms with Gasteiger partial charge in [-0.05, 0) is 75.1 Å². The summed E-state index contributed by atoms with van der Waals surface area (Å²) in [7, 11) is 0. The lowest BCUT2D eigenvalue weighted by Crippen LogP contribution is -2.39. The maximum atomic E-state index is 12.4. The highest BCUT2D eigenvalue weighted by Gasteiger charge is 2.48. The second-order valence-corrected chi connectivity index (χ2v) is 8.87. The summed E-state index contributed by atoms with van der Waals surface area (Å²) in [6.07, 6.45) is 8.80. The van der Waals surface area contributed by atoms with Crippen molar-refractivity contribution in [3.8, 4) is 0 Å². The number of rotatable bonds is 5. The first-order chi connectivity index (χ1) is 15.2. The van der Waals surface area contributed by atoms with Crippen molar-refractivity contribution >= 4 is 23.5 Å². The highest BCUT2D eigenvalue weighted by atomic mass is 16.6. The molecule has 1 amide bonds. The highest BCUT2D eigenvalue weighted by molar-refractivity contribution is 5.89. The van der Waals surface area contributed by atoms with Gasteiger partial charge < -0.3 is 15.0 Å². The first kappa shape index (κ1) is 20.0. The van der Waals surface area contributed by atoms with E-state index in [1.54, 1.807) is 23.2 Å². The summed E-state index contributed by atoms with van der Waals surface area (Å²) in [6, 6.07) is 7.67. The van der Waals surface area contributed by atoms with Crippen LogP contribution in [0.2, 0.25) is 0 Å². The van der Waals surface area contributed by atoms with Crippen LogP contribution in [0.4, 0.5) is 22.2 Å². The van der Waals surface area contributed by atoms with E-state index < -0.39 is 5.60 Å². The Kier molecular flexibility index (Phi) is 5.57. The molecule has 0 atom stereocenters. The molecule has 3 fully saturated rings. The molecule has 2 aromatic heterocycles. The Hall–Kier alpha value is -2.97. The Labute approximate surface area is 182 Å². The van der Waals surface area contributed by atoms with E-state index in [2.05, 4.69) is 36.7 Å². The molecule has 164 valence electrons. The molecule has 0 bridgehead atoms. The van der Waals surface area contributed by atoms with Gasteiger partial charge in [0, 0.05) is 25.8 Å². The van der Waals surface area contributed by atoms with Crippen LogP contribution in [0.5, 0.6) is 0 Å². The molecule has 5 rings (SSSR count). The number of ether oxygens (including phenoxy) is 1. The average Bonchev–Trinajstić information content (AvgIpc) is 3.16. The topological polar surface area (TPSA) is 96.4 Å². The Bertz CT molecular complexity index is 878. The average molecular weight is 424 g/mol. The fraction of sp³-hybridized carbons (Fsp3) is 0.591. The quantitative estimate of drug-likeness (QED) is 0.783. The van der Waals surface area contributed by atoms with Crippen molar-refractivity contribution in [3.05, 3.63) is 30.5 Å². The summed E-state index contributed by atoms with van der Waals surface area (Å²) in [5.74, 6) is 2.88. The standard InChI is InChI=1S/C22H29N7O2/c30-21-29(20-5-4-12-24-26-20)16-22(31-21)10-8-17(9-11-22)15-23-18-6-7-19(27-25-18)28-13-2-1-3-14-28/h4-7,12,17H,1-3,8-11,13-16H2,(H,23,25). The van der Waals surface area contributed by atoms with Gasteiger partial charge in [-0.25, -0.2) is 4.79 Å². The second-order valence-electron chi connectivity index (χ2n) is 8.87. The van der Waals surface area contributed by atoms with E-state index in [0.717, 1.165) is 57.0 Å². The zero-order chi connectivity index (χ0) is 21.1. The Morgan fingerprint density at radius 1 is 1.03 bits per heavy atom. The molecule has 3 aliphatic rings. The third kappa shape index (κ3) is 4.40. The maximum Gasteiger partial charge on any atom is 0.416 e. The van der Waals surface area contributed by atoms with Crippen LogP contribution in [-0.2, 0) is 4.74 Å². The molecule has 2 aliphatic heterocycles. The SMILES string of the molecule is O=C1OC2(CCC(CNc3ccc(N4CCCCC4)nn3)CC2)CN1c1cccnn1. The zero-order valence-electron chi connectivity index (χ0n) is 17.7. The van der Waals surface area contributed by atoms with Gasteiger partial charge in [-0.2, -0.15) is 5.10 Å². The van der Waals surface area contributed by atoms with Crippen molar-refractivity contribution in [3.63, 3.8) is 0 Å². The van der Waals surface area contributed by atoms with Gasteiger partial charge in [0.25, 0.3) is 0 Å². The molecule has 0 aromatic carbocycles. The van der Waals surface area contributed by atoms with Gasteiger partial charge in [0.2, 0.25) is 0 Å². The normalized spacial score (nSPS) is 26.2. The largest absolute Gasteiger partial charge is 0.441 e. The number of aromatic nitrogens is 4. The molecule has 2 saturated heterocycles. The molecule has 9 heteroatoms. The Morgan fingerprint density at radius 2 is 1.87 bits per heavy atom. The summed E-state index contributed by atoms with van der Waals surface area (Å²) in [4.78, 5) is 16.3. The zero-order valence-corrected chi connectivity index (χ0v) is 17.7. The summed E-state index contributed by atoms with van der Waals surface area (Å²) < 4.78 is 5.81. The molecule has 2 aromatic rings. The maximum absolute atomic E-state index is 12.4. The number of nitrogens with one attached hydrogen (secondary N) is 1. The molecular formula is C22H29N7O2. The smallest absolute Gasteiger partial charge is 0.416 e. The first-order valence-corrected chi connectivity index (χ1v) is 11.3. The van der Waals surface area contributed by atoms with E-state index in [4.69, 9.17) is 4.74 Å². The highest BCUT2D eigenvalue weighted by Crippen LogP contribution is 2.40. The fourth-order valence-electron chi connectivity index (χ4n) is 4.87. The first-order valence-electron chi connectivity index (χ1n) is 11.3. The molecule has 4 heterocycles. The van der Waals surface area contributed by atoms with Crippen LogP contribution in [0.1, 0.15) is 44.9 Å². The third-order valence-electron chi connectivity index (χ3n) is 6.72. The van der Waals surface area contributed by atoms with E-state index >= 15 is 0 Å². The predicted octanol–water partition coefficient (Wildman–Crippen LogP) is 3.25. The van der Waals surface area contributed by atoms with E-state index in [0.29, 0.717) is 18.3 Å². The van der Waals surface area contributed by atoms with Crippen molar-refractivity contribution in [1.29, 1.82) is 0 Å². The van der Waals surface area contributed by atoms with E-state index in [1.807, 2.05) is 6.07 Å². The Morgan fingerprint density at radius 3 is 2.58 bits per heavy atom. The number of hydrogen-bond acceptors (Lipinski definition) is 8. The third-order valence-corrected chi connectivity index (χ3v) is 6.72. The lowest BCUT2D eigenvalue weighted by molar-refractivity contribution is 0.0148. The van der Waals surface area contributed by atoms with Gasteiger partial charge in [-0.1, -0.05) is 0 Å². The summed E-state index contributed by atoms with van der Waals surface area (Å²) >= 11 is 0. The molecule has 1 spiro atoms. The van der Waals surface area contributed by atoms with Gasteiger partial charge in [0.1, 0.15) is 11.4 Å². The minimum Gasteiger partial charge on any atom is -0.441 e. The van der Waals surface area contributed by atoms with Gasteiger partial charge in [0.15, 0.2) is 11.6 Å². The van der Waals surface area contributed by atoms with Crippen LogP contribution in [-0.4, -0.2) is 58.3 Å². The molecule has 1 aliphatic carbocycles. The summed E-state index contributed by atoms with van der Waals surface area (Å²) in [5.41, 5.74) is -0.402.